The molecule has 1 atom stereocenters. The van der Waals surface area contributed by atoms with Gasteiger partial charge in [0, 0.05) is 45.6 Å². The average Bonchev–Trinajstić information content (AvgIpc) is 3.01. The summed E-state index contributed by atoms with van der Waals surface area (Å²) in [4.78, 5) is 20.6. The Morgan fingerprint density at radius 3 is 2.67 bits per heavy atom. The lowest BCUT2D eigenvalue weighted by Gasteiger charge is -2.36. The summed E-state index contributed by atoms with van der Waals surface area (Å²) in [6.45, 7) is 8.04. The van der Waals surface area contributed by atoms with E-state index in [0.717, 1.165) is 45.0 Å². The van der Waals surface area contributed by atoms with E-state index in [1.165, 1.54) is 0 Å². The van der Waals surface area contributed by atoms with Gasteiger partial charge >= 0.3 is 0 Å². The number of piperazine rings is 1. The van der Waals surface area contributed by atoms with Crippen molar-refractivity contribution in [3.05, 3.63) is 11.7 Å². The molecule has 1 aromatic rings. The summed E-state index contributed by atoms with van der Waals surface area (Å²) < 4.78 is 5.31. The zero-order valence-electron chi connectivity index (χ0n) is 13.1. The van der Waals surface area contributed by atoms with E-state index in [-0.39, 0.29) is 11.9 Å². The molecular weight excluding hydrogens is 270 g/mol. The number of hydrogen-bond donors (Lipinski definition) is 1. The minimum absolute atomic E-state index is 0.104. The van der Waals surface area contributed by atoms with E-state index in [0.29, 0.717) is 12.3 Å². The third-order valence-electron chi connectivity index (χ3n) is 3.96. The van der Waals surface area contributed by atoms with Crippen LogP contribution in [0.1, 0.15) is 38.0 Å². The first-order chi connectivity index (χ1) is 10.2. The standard InChI is InChI=1S/C14H25N5O2/c1-4-12-16-14(21-17-12)11(2)18-7-9-19(10-8-18)13(20)5-6-15-3/h11,15H,4-10H2,1-3H3. The quantitative estimate of drug-likeness (QED) is 0.821. The van der Waals surface area contributed by atoms with Crippen molar-refractivity contribution in [2.24, 2.45) is 0 Å². The first-order valence-corrected chi connectivity index (χ1v) is 7.64. The van der Waals surface area contributed by atoms with Crippen LogP contribution in [0.15, 0.2) is 4.52 Å². The summed E-state index contributed by atoms with van der Waals surface area (Å²) in [6.07, 6.45) is 1.35. The second-order valence-electron chi connectivity index (χ2n) is 5.35. The third kappa shape index (κ3) is 4.01. The van der Waals surface area contributed by atoms with E-state index in [9.17, 15) is 4.79 Å². The molecule has 7 heteroatoms. The van der Waals surface area contributed by atoms with Gasteiger partial charge < -0.3 is 14.7 Å². The van der Waals surface area contributed by atoms with Crippen molar-refractivity contribution in [2.75, 3.05) is 39.8 Å². The largest absolute Gasteiger partial charge is 0.340 e. The van der Waals surface area contributed by atoms with Gasteiger partial charge in [-0.1, -0.05) is 12.1 Å². The second-order valence-corrected chi connectivity index (χ2v) is 5.35. The number of rotatable bonds is 6. The Kier molecular flexibility index (Phi) is 5.69. The molecule has 1 amide bonds. The van der Waals surface area contributed by atoms with Crippen LogP contribution in [0.4, 0.5) is 0 Å². The fourth-order valence-corrected chi connectivity index (χ4v) is 2.49. The van der Waals surface area contributed by atoms with E-state index in [4.69, 9.17) is 4.52 Å². The molecule has 2 heterocycles. The molecule has 1 aromatic heterocycles. The highest BCUT2D eigenvalue weighted by molar-refractivity contribution is 5.76. The molecular formula is C14H25N5O2. The molecule has 1 unspecified atom stereocenters. The van der Waals surface area contributed by atoms with Crippen LogP contribution in [0.5, 0.6) is 0 Å². The molecule has 1 aliphatic rings. The molecule has 21 heavy (non-hydrogen) atoms. The van der Waals surface area contributed by atoms with E-state index in [2.05, 4.69) is 27.3 Å². The van der Waals surface area contributed by atoms with Crippen molar-refractivity contribution in [3.63, 3.8) is 0 Å². The van der Waals surface area contributed by atoms with Gasteiger partial charge in [0.05, 0.1) is 6.04 Å². The van der Waals surface area contributed by atoms with Crippen LogP contribution in [-0.2, 0) is 11.2 Å². The highest BCUT2D eigenvalue weighted by Crippen LogP contribution is 2.20. The summed E-state index contributed by atoms with van der Waals surface area (Å²) in [7, 11) is 1.86. The predicted molar refractivity (Wildman–Crippen MR) is 78.8 cm³/mol. The first-order valence-electron chi connectivity index (χ1n) is 7.64. The minimum atomic E-state index is 0.104. The number of aromatic nitrogens is 2. The summed E-state index contributed by atoms with van der Waals surface area (Å²) in [6, 6.07) is 0.104. The Hall–Kier alpha value is -1.47. The van der Waals surface area contributed by atoms with Crippen molar-refractivity contribution in [1.82, 2.24) is 25.3 Å². The van der Waals surface area contributed by atoms with E-state index in [1.807, 2.05) is 18.9 Å². The molecule has 0 radical (unpaired) electrons. The lowest BCUT2D eigenvalue weighted by Crippen LogP contribution is -2.49. The lowest BCUT2D eigenvalue weighted by atomic mass is 10.2. The zero-order valence-corrected chi connectivity index (χ0v) is 13.1. The SMILES string of the molecule is CCc1noc(C(C)N2CCN(C(=O)CCNC)CC2)n1. The van der Waals surface area contributed by atoms with E-state index >= 15 is 0 Å². The Morgan fingerprint density at radius 1 is 1.38 bits per heavy atom. The summed E-state index contributed by atoms with van der Waals surface area (Å²) >= 11 is 0. The molecule has 0 spiro atoms. The number of amides is 1. The van der Waals surface area contributed by atoms with E-state index in [1.54, 1.807) is 0 Å². The Bertz CT molecular complexity index is 454. The Balaban J connectivity index is 1.84. The maximum Gasteiger partial charge on any atom is 0.243 e. The van der Waals surface area contributed by atoms with Gasteiger partial charge in [-0.25, -0.2) is 0 Å². The third-order valence-corrected chi connectivity index (χ3v) is 3.96. The molecule has 0 saturated carbocycles. The number of hydrogen-bond acceptors (Lipinski definition) is 6. The van der Waals surface area contributed by atoms with Crippen molar-refractivity contribution in [3.8, 4) is 0 Å². The van der Waals surface area contributed by atoms with Gasteiger partial charge in [-0.2, -0.15) is 4.98 Å². The number of nitrogens with zero attached hydrogens (tertiary/aromatic N) is 4. The minimum Gasteiger partial charge on any atom is -0.340 e. The van der Waals surface area contributed by atoms with Gasteiger partial charge in [0.25, 0.3) is 0 Å². The van der Waals surface area contributed by atoms with Crippen LogP contribution in [0, 0.1) is 0 Å². The first kappa shape index (κ1) is 15.9. The normalized spacial score (nSPS) is 18.0. The van der Waals surface area contributed by atoms with Crippen molar-refractivity contribution >= 4 is 5.91 Å². The number of nitrogens with one attached hydrogen (secondary N) is 1. The highest BCUT2D eigenvalue weighted by atomic mass is 16.5. The van der Waals surface area contributed by atoms with Gasteiger partial charge in [0.1, 0.15) is 0 Å². The van der Waals surface area contributed by atoms with Crippen LogP contribution in [0.25, 0.3) is 0 Å². The van der Waals surface area contributed by atoms with Gasteiger partial charge in [0.15, 0.2) is 5.82 Å². The molecule has 1 N–H and O–H groups in total. The molecule has 0 aromatic carbocycles. The topological polar surface area (TPSA) is 74.5 Å². The molecule has 7 nitrogen and oxygen atoms in total. The predicted octanol–water partition coefficient (Wildman–Crippen LogP) is 0.447. The monoisotopic (exact) mass is 295 g/mol. The summed E-state index contributed by atoms with van der Waals surface area (Å²) in [5, 5.41) is 6.95. The molecule has 1 saturated heterocycles. The van der Waals surface area contributed by atoms with Crippen LogP contribution in [0.3, 0.4) is 0 Å². The summed E-state index contributed by atoms with van der Waals surface area (Å²) in [5.74, 6) is 1.64. The second kappa shape index (κ2) is 7.51. The molecule has 1 aliphatic heterocycles. The number of aryl methyl sites for hydroxylation is 1. The van der Waals surface area contributed by atoms with Crippen LogP contribution < -0.4 is 5.32 Å². The van der Waals surface area contributed by atoms with Gasteiger partial charge in [-0.05, 0) is 14.0 Å². The molecule has 118 valence electrons. The Morgan fingerprint density at radius 2 is 2.10 bits per heavy atom. The lowest BCUT2D eigenvalue weighted by molar-refractivity contribution is -0.133. The van der Waals surface area contributed by atoms with Gasteiger partial charge in [0.2, 0.25) is 11.8 Å². The zero-order chi connectivity index (χ0) is 15.2. The molecule has 0 aliphatic carbocycles. The van der Waals surface area contributed by atoms with Crippen LogP contribution in [-0.4, -0.2) is 65.6 Å². The van der Waals surface area contributed by atoms with Crippen molar-refractivity contribution in [1.29, 1.82) is 0 Å². The molecule has 0 bridgehead atoms. The average molecular weight is 295 g/mol. The molecule has 2 rings (SSSR count). The van der Waals surface area contributed by atoms with Crippen LogP contribution in [0.2, 0.25) is 0 Å². The highest BCUT2D eigenvalue weighted by Gasteiger charge is 2.27. The fraction of sp³-hybridized carbons (Fsp3) is 0.786. The van der Waals surface area contributed by atoms with E-state index < -0.39 is 0 Å². The van der Waals surface area contributed by atoms with Gasteiger partial charge in [-0.3, -0.25) is 9.69 Å². The Labute approximate surface area is 125 Å². The molecule has 1 fully saturated rings. The van der Waals surface area contributed by atoms with Crippen LogP contribution >= 0.6 is 0 Å². The van der Waals surface area contributed by atoms with Crippen molar-refractivity contribution in [2.45, 2.75) is 32.7 Å². The fourth-order valence-electron chi connectivity index (χ4n) is 2.49. The summed E-state index contributed by atoms with van der Waals surface area (Å²) in [5.41, 5.74) is 0. The number of carbonyl (C=O) groups is 1. The maximum atomic E-state index is 12.0. The number of carbonyl (C=O) groups excluding carboxylic acids is 1. The van der Waals surface area contributed by atoms with Gasteiger partial charge in [-0.15, -0.1) is 0 Å². The maximum absolute atomic E-state index is 12.0. The van der Waals surface area contributed by atoms with Crippen molar-refractivity contribution < 1.29 is 9.32 Å². The smallest absolute Gasteiger partial charge is 0.243 e.